The Morgan fingerprint density at radius 2 is 2.08 bits per heavy atom. The zero-order valence-electron chi connectivity index (χ0n) is 15.4. The summed E-state index contributed by atoms with van der Waals surface area (Å²) in [5.74, 6) is 0.335. The van der Waals surface area contributed by atoms with E-state index in [1.807, 2.05) is 4.57 Å². The molecule has 3 rings (SSSR count). The SMILES string of the molecule is CC(C)(C)[Si](C)(C)OC1C[C@@H](CO)O[C@H]1n1cnc2c(N)ncnc21. The van der Waals surface area contributed by atoms with Gasteiger partial charge in [-0.15, -0.1) is 0 Å². The maximum Gasteiger partial charge on any atom is 0.192 e. The van der Waals surface area contributed by atoms with Crippen LogP contribution >= 0.6 is 0 Å². The average molecular weight is 366 g/mol. The molecule has 3 N–H and O–H groups in total. The van der Waals surface area contributed by atoms with Crippen LogP contribution in [0.2, 0.25) is 18.1 Å². The van der Waals surface area contributed by atoms with Crippen LogP contribution in [0.1, 0.15) is 33.4 Å². The second kappa shape index (κ2) is 6.31. The molecule has 2 aromatic heterocycles. The van der Waals surface area contributed by atoms with Crippen LogP contribution in [0.5, 0.6) is 0 Å². The Kier molecular flexibility index (Phi) is 4.61. The average Bonchev–Trinajstić information content (AvgIpc) is 3.10. The van der Waals surface area contributed by atoms with Crippen LogP contribution in [-0.4, -0.2) is 51.8 Å². The Morgan fingerprint density at radius 3 is 2.72 bits per heavy atom. The molecule has 0 spiro atoms. The fourth-order valence-corrected chi connectivity index (χ4v) is 4.12. The topological polar surface area (TPSA) is 108 Å². The molecule has 0 amide bonds. The van der Waals surface area contributed by atoms with Crippen LogP contribution < -0.4 is 5.73 Å². The molecule has 1 aliphatic heterocycles. The highest BCUT2D eigenvalue weighted by Crippen LogP contribution is 2.42. The first-order chi connectivity index (χ1) is 11.6. The van der Waals surface area contributed by atoms with Crippen LogP contribution in [0.3, 0.4) is 0 Å². The molecule has 1 aliphatic rings. The number of nitrogen functional groups attached to an aromatic ring is 1. The third-order valence-corrected chi connectivity index (χ3v) is 9.77. The van der Waals surface area contributed by atoms with Gasteiger partial charge in [0.05, 0.1) is 25.1 Å². The van der Waals surface area contributed by atoms with Crippen molar-refractivity contribution in [1.82, 2.24) is 19.5 Å². The lowest BCUT2D eigenvalue weighted by molar-refractivity contribution is -0.0460. The summed E-state index contributed by atoms with van der Waals surface area (Å²) in [4.78, 5) is 12.6. The number of anilines is 1. The number of ether oxygens (including phenoxy) is 1. The van der Waals surface area contributed by atoms with E-state index < -0.39 is 14.5 Å². The lowest BCUT2D eigenvalue weighted by atomic mass is 10.2. The molecule has 3 heterocycles. The van der Waals surface area contributed by atoms with Gasteiger partial charge in [-0.25, -0.2) is 15.0 Å². The fourth-order valence-electron chi connectivity index (χ4n) is 2.80. The Bertz CT molecular complexity index is 758. The van der Waals surface area contributed by atoms with Gasteiger partial charge in [0.15, 0.2) is 26.0 Å². The molecule has 0 aliphatic carbocycles. The van der Waals surface area contributed by atoms with E-state index in [4.69, 9.17) is 14.9 Å². The van der Waals surface area contributed by atoms with Gasteiger partial charge in [0.25, 0.3) is 0 Å². The lowest BCUT2D eigenvalue weighted by Crippen LogP contribution is -2.45. The summed E-state index contributed by atoms with van der Waals surface area (Å²) in [5, 5.41) is 9.66. The number of fused-ring (bicyclic) bond motifs is 1. The Balaban J connectivity index is 1.96. The summed E-state index contributed by atoms with van der Waals surface area (Å²) in [5.41, 5.74) is 7.04. The third-order valence-electron chi connectivity index (χ3n) is 5.26. The number of nitrogens with two attached hydrogens (primary N) is 1. The first-order valence-corrected chi connectivity index (χ1v) is 11.4. The summed E-state index contributed by atoms with van der Waals surface area (Å²) in [6, 6.07) is 0. The van der Waals surface area contributed by atoms with Crippen molar-refractivity contribution in [2.75, 3.05) is 12.3 Å². The largest absolute Gasteiger partial charge is 0.409 e. The minimum atomic E-state index is -2.00. The molecule has 8 nitrogen and oxygen atoms in total. The van der Waals surface area contributed by atoms with Crippen LogP contribution in [0.15, 0.2) is 12.7 Å². The normalized spacial score (nSPS) is 25.0. The van der Waals surface area contributed by atoms with E-state index in [1.54, 1.807) is 6.33 Å². The maximum absolute atomic E-state index is 9.57. The summed E-state index contributed by atoms with van der Waals surface area (Å²) < 4.78 is 14.5. The summed E-state index contributed by atoms with van der Waals surface area (Å²) in [6.07, 6.45) is 2.86. The van der Waals surface area contributed by atoms with E-state index in [1.165, 1.54) is 6.33 Å². The van der Waals surface area contributed by atoms with Crippen molar-refractivity contribution >= 4 is 25.3 Å². The van der Waals surface area contributed by atoms with Crippen molar-refractivity contribution in [1.29, 1.82) is 0 Å². The van der Waals surface area contributed by atoms with Gasteiger partial charge in [-0.3, -0.25) is 4.57 Å². The van der Waals surface area contributed by atoms with Gasteiger partial charge < -0.3 is 20.0 Å². The summed E-state index contributed by atoms with van der Waals surface area (Å²) >= 11 is 0. The van der Waals surface area contributed by atoms with E-state index in [9.17, 15) is 5.11 Å². The molecule has 2 aromatic rings. The monoisotopic (exact) mass is 365 g/mol. The zero-order valence-corrected chi connectivity index (χ0v) is 16.4. The molecule has 0 aromatic carbocycles. The number of aliphatic hydroxyl groups excluding tert-OH is 1. The van der Waals surface area contributed by atoms with E-state index in [2.05, 4.69) is 48.8 Å². The molecule has 0 radical (unpaired) electrons. The van der Waals surface area contributed by atoms with Gasteiger partial charge in [0.2, 0.25) is 0 Å². The molecular formula is C16H27N5O3Si. The molecule has 9 heteroatoms. The van der Waals surface area contributed by atoms with Gasteiger partial charge in [-0.2, -0.15) is 0 Å². The minimum absolute atomic E-state index is 0.0440. The van der Waals surface area contributed by atoms with Gasteiger partial charge in [-0.1, -0.05) is 20.8 Å². The highest BCUT2D eigenvalue weighted by Gasteiger charge is 2.45. The maximum atomic E-state index is 9.57. The quantitative estimate of drug-likeness (QED) is 0.798. The van der Waals surface area contributed by atoms with E-state index >= 15 is 0 Å². The third kappa shape index (κ3) is 3.29. The van der Waals surface area contributed by atoms with Crippen molar-refractivity contribution in [3.8, 4) is 0 Å². The molecule has 1 fully saturated rings. The number of rotatable bonds is 4. The van der Waals surface area contributed by atoms with Crippen LogP contribution in [0, 0.1) is 0 Å². The second-order valence-corrected chi connectivity index (χ2v) is 12.8. The molecule has 25 heavy (non-hydrogen) atoms. The molecule has 0 bridgehead atoms. The number of nitrogens with zero attached hydrogens (tertiary/aromatic N) is 4. The molecule has 3 atom stereocenters. The predicted octanol–water partition coefficient (Wildman–Crippen LogP) is 2.08. The Hall–Kier alpha value is -1.55. The number of imidazole rings is 1. The van der Waals surface area contributed by atoms with Gasteiger partial charge in [-0.05, 0) is 18.1 Å². The molecule has 0 saturated carbocycles. The van der Waals surface area contributed by atoms with E-state index in [0.29, 0.717) is 23.4 Å². The Labute approximate surface area is 148 Å². The zero-order chi connectivity index (χ0) is 18.4. The van der Waals surface area contributed by atoms with E-state index in [-0.39, 0.29) is 23.9 Å². The van der Waals surface area contributed by atoms with Crippen molar-refractivity contribution in [3.05, 3.63) is 12.7 Å². The number of hydrogen-bond acceptors (Lipinski definition) is 7. The van der Waals surface area contributed by atoms with E-state index in [0.717, 1.165) is 0 Å². The number of aromatic nitrogens is 4. The smallest absolute Gasteiger partial charge is 0.192 e. The second-order valence-electron chi connectivity index (χ2n) is 8.07. The molecular weight excluding hydrogens is 338 g/mol. The Morgan fingerprint density at radius 1 is 1.36 bits per heavy atom. The molecule has 138 valence electrons. The van der Waals surface area contributed by atoms with Crippen LogP contribution in [0.25, 0.3) is 11.2 Å². The summed E-state index contributed by atoms with van der Waals surface area (Å²) in [6.45, 7) is 11.0. The van der Waals surface area contributed by atoms with Crippen molar-refractivity contribution < 1.29 is 14.3 Å². The van der Waals surface area contributed by atoms with Gasteiger partial charge in [0, 0.05) is 6.42 Å². The van der Waals surface area contributed by atoms with Crippen LogP contribution in [0.4, 0.5) is 5.82 Å². The first kappa shape index (κ1) is 18.2. The standard InChI is InChI=1S/C16H27N5O3Si/c1-16(2,3)25(4,5)24-11-6-10(7-22)23-15(11)21-9-20-12-13(17)18-8-19-14(12)21/h8-11,15,22H,6-7H2,1-5H3,(H2,17,18,19)/t10-,11?,15+/m0/s1. The molecule has 1 unspecified atom stereocenters. The number of aliphatic hydroxyl groups is 1. The predicted molar refractivity (Wildman–Crippen MR) is 97.4 cm³/mol. The lowest BCUT2D eigenvalue weighted by Gasteiger charge is -2.39. The molecule has 1 saturated heterocycles. The minimum Gasteiger partial charge on any atom is -0.409 e. The van der Waals surface area contributed by atoms with Crippen molar-refractivity contribution in [2.24, 2.45) is 0 Å². The number of hydrogen-bond donors (Lipinski definition) is 2. The van der Waals surface area contributed by atoms with Gasteiger partial charge >= 0.3 is 0 Å². The first-order valence-electron chi connectivity index (χ1n) is 8.51. The van der Waals surface area contributed by atoms with Crippen molar-refractivity contribution in [3.63, 3.8) is 0 Å². The van der Waals surface area contributed by atoms with Gasteiger partial charge in [0.1, 0.15) is 11.8 Å². The highest BCUT2D eigenvalue weighted by atomic mass is 28.4. The summed E-state index contributed by atoms with van der Waals surface area (Å²) in [7, 11) is -2.00. The van der Waals surface area contributed by atoms with Crippen LogP contribution in [-0.2, 0) is 9.16 Å². The van der Waals surface area contributed by atoms with Crippen molar-refractivity contribution in [2.45, 2.75) is 63.8 Å². The highest BCUT2D eigenvalue weighted by molar-refractivity contribution is 6.74. The fraction of sp³-hybridized carbons (Fsp3) is 0.688.